The van der Waals surface area contributed by atoms with Crippen LogP contribution in [0.1, 0.15) is 25.0 Å². The number of halogens is 3. The summed E-state index contributed by atoms with van der Waals surface area (Å²) in [6.07, 6.45) is -3.28. The molecule has 9 heteroatoms. The minimum Gasteiger partial charge on any atom is -0.290 e. The molecule has 0 amide bonds. The SMILES string of the molecule is CCc1cccc(CC)c1-c1nc(NNC(F)(F)F)nc(=O)[nH]1. The lowest BCUT2D eigenvalue weighted by molar-refractivity contribution is -0.151. The number of alkyl halides is 3. The highest BCUT2D eigenvalue weighted by Crippen LogP contribution is 2.25. The van der Waals surface area contributed by atoms with E-state index in [1.165, 1.54) is 0 Å². The van der Waals surface area contributed by atoms with E-state index in [-0.39, 0.29) is 5.82 Å². The van der Waals surface area contributed by atoms with Crippen LogP contribution in [0.5, 0.6) is 0 Å². The number of hydrogen-bond acceptors (Lipinski definition) is 5. The zero-order chi connectivity index (χ0) is 17.0. The molecule has 0 aliphatic carbocycles. The molecule has 0 aliphatic rings. The van der Waals surface area contributed by atoms with Crippen LogP contribution in [0, 0.1) is 0 Å². The Hall–Kier alpha value is -2.42. The van der Waals surface area contributed by atoms with E-state index in [2.05, 4.69) is 15.0 Å². The van der Waals surface area contributed by atoms with Gasteiger partial charge in [0.25, 0.3) is 0 Å². The summed E-state index contributed by atoms with van der Waals surface area (Å²) in [6.45, 7) is 3.89. The lowest BCUT2D eigenvalue weighted by Crippen LogP contribution is -2.38. The lowest BCUT2D eigenvalue weighted by atomic mass is 9.97. The molecule has 1 aromatic carbocycles. The van der Waals surface area contributed by atoms with Gasteiger partial charge in [-0.1, -0.05) is 32.0 Å². The number of aryl methyl sites for hydroxylation is 2. The van der Waals surface area contributed by atoms with Crippen LogP contribution in [-0.4, -0.2) is 21.3 Å². The van der Waals surface area contributed by atoms with Crippen molar-refractivity contribution in [3.8, 4) is 11.4 Å². The Bertz CT molecular complexity index is 720. The van der Waals surface area contributed by atoms with E-state index in [4.69, 9.17) is 0 Å². The molecule has 3 N–H and O–H groups in total. The van der Waals surface area contributed by atoms with E-state index in [1.54, 1.807) is 5.43 Å². The zero-order valence-corrected chi connectivity index (χ0v) is 12.6. The quantitative estimate of drug-likeness (QED) is 0.580. The fourth-order valence-electron chi connectivity index (χ4n) is 2.23. The summed E-state index contributed by atoms with van der Waals surface area (Å²) in [5.74, 6) is -0.264. The smallest absolute Gasteiger partial charge is 0.290 e. The standard InChI is InChI=1S/C14H16F3N5O/c1-3-8-6-5-7-9(4-2)10(8)11-18-12(20-13(23)19-11)21-22-14(15,16)17/h5-7,22H,3-4H2,1-2H3,(H2,18,19,20,21,23). The molecule has 0 fully saturated rings. The Labute approximate surface area is 130 Å². The third kappa shape index (κ3) is 4.28. The van der Waals surface area contributed by atoms with E-state index in [0.717, 1.165) is 16.6 Å². The summed E-state index contributed by atoms with van der Waals surface area (Å²) < 4.78 is 36.6. The molecule has 0 spiro atoms. The monoisotopic (exact) mass is 327 g/mol. The van der Waals surface area contributed by atoms with Gasteiger partial charge in [0.05, 0.1) is 0 Å². The molecule has 0 saturated carbocycles. The second-order valence-corrected chi connectivity index (χ2v) is 4.73. The minimum absolute atomic E-state index is 0.186. The van der Waals surface area contributed by atoms with Gasteiger partial charge in [-0.3, -0.25) is 10.4 Å². The average Bonchev–Trinajstić information content (AvgIpc) is 2.50. The molecule has 2 aromatic rings. The minimum atomic E-state index is -4.66. The Morgan fingerprint density at radius 2 is 1.74 bits per heavy atom. The molecular weight excluding hydrogens is 311 g/mol. The second kappa shape index (κ2) is 6.78. The van der Waals surface area contributed by atoms with Crippen molar-refractivity contribution >= 4 is 5.95 Å². The van der Waals surface area contributed by atoms with Gasteiger partial charge in [0.2, 0.25) is 5.95 Å². The first-order valence-corrected chi connectivity index (χ1v) is 7.03. The summed E-state index contributed by atoms with van der Waals surface area (Å²) >= 11 is 0. The van der Waals surface area contributed by atoms with Crippen molar-refractivity contribution in [3.05, 3.63) is 39.8 Å². The van der Waals surface area contributed by atoms with Gasteiger partial charge in [0.1, 0.15) is 5.82 Å². The van der Waals surface area contributed by atoms with Gasteiger partial charge in [-0.15, -0.1) is 5.43 Å². The largest absolute Gasteiger partial charge is 0.474 e. The summed E-state index contributed by atoms with van der Waals surface area (Å²) in [6, 6.07) is 5.66. The molecule has 0 unspecified atom stereocenters. The second-order valence-electron chi connectivity index (χ2n) is 4.73. The van der Waals surface area contributed by atoms with Crippen LogP contribution in [0.25, 0.3) is 11.4 Å². The molecule has 0 radical (unpaired) electrons. The maximum absolute atomic E-state index is 12.2. The highest BCUT2D eigenvalue weighted by Gasteiger charge is 2.27. The number of hydrazine groups is 1. The molecule has 0 saturated heterocycles. The molecule has 0 atom stereocenters. The number of benzene rings is 1. The molecule has 0 aliphatic heterocycles. The normalized spacial score (nSPS) is 11.5. The Morgan fingerprint density at radius 1 is 1.13 bits per heavy atom. The molecule has 1 heterocycles. The van der Waals surface area contributed by atoms with Gasteiger partial charge in [0.15, 0.2) is 0 Å². The van der Waals surface area contributed by atoms with Gasteiger partial charge in [-0.25, -0.2) is 4.79 Å². The van der Waals surface area contributed by atoms with E-state index in [0.29, 0.717) is 18.4 Å². The number of nitrogens with zero attached hydrogens (tertiary/aromatic N) is 2. The van der Waals surface area contributed by atoms with Crippen LogP contribution in [0.2, 0.25) is 0 Å². The number of anilines is 1. The van der Waals surface area contributed by atoms with Crippen LogP contribution >= 0.6 is 0 Å². The van der Waals surface area contributed by atoms with Gasteiger partial charge >= 0.3 is 12.0 Å². The fraction of sp³-hybridized carbons (Fsp3) is 0.357. The number of aromatic amines is 1. The van der Waals surface area contributed by atoms with Crippen molar-refractivity contribution in [1.82, 2.24) is 20.4 Å². The topological polar surface area (TPSA) is 82.7 Å². The van der Waals surface area contributed by atoms with Crippen LogP contribution in [-0.2, 0) is 12.8 Å². The fourth-order valence-corrected chi connectivity index (χ4v) is 2.23. The number of rotatable bonds is 5. The third-order valence-electron chi connectivity index (χ3n) is 3.20. The van der Waals surface area contributed by atoms with Crippen molar-refractivity contribution in [2.75, 3.05) is 5.43 Å². The lowest BCUT2D eigenvalue weighted by Gasteiger charge is -2.14. The van der Waals surface area contributed by atoms with Crippen molar-refractivity contribution in [3.63, 3.8) is 0 Å². The van der Waals surface area contributed by atoms with Crippen LogP contribution in [0.4, 0.5) is 19.1 Å². The van der Waals surface area contributed by atoms with Crippen LogP contribution < -0.4 is 16.5 Å². The Morgan fingerprint density at radius 3 is 2.26 bits per heavy atom. The molecule has 0 bridgehead atoms. The molecule has 2 rings (SSSR count). The first-order valence-electron chi connectivity index (χ1n) is 7.03. The summed E-state index contributed by atoms with van der Waals surface area (Å²) in [4.78, 5) is 21.5. The summed E-state index contributed by atoms with van der Waals surface area (Å²) in [5.41, 5.74) is 4.68. The van der Waals surface area contributed by atoms with Crippen molar-refractivity contribution in [1.29, 1.82) is 0 Å². The highest BCUT2D eigenvalue weighted by atomic mass is 19.4. The predicted molar refractivity (Wildman–Crippen MR) is 79.7 cm³/mol. The first kappa shape index (κ1) is 16.9. The first-order chi connectivity index (χ1) is 10.8. The van der Waals surface area contributed by atoms with Gasteiger partial charge in [0, 0.05) is 5.56 Å². The van der Waals surface area contributed by atoms with Crippen LogP contribution in [0.3, 0.4) is 0 Å². The summed E-state index contributed by atoms with van der Waals surface area (Å²) in [7, 11) is 0. The van der Waals surface area contributed by atoms with Gasteiger partial charge in [-0.2, -0.15) is 23.1 Å². The Balaban J connectivity index is 2.49. The maximum Gasteiger partial charge on any atom is 0.474 e. The molecule has 6 nitrogen and oxygen atoms in total. The number of aromatic nitrogens is 3. The van der Waals surface area contributed by atoms with Crippen molar-refractivity contribution in [2.45, 2.75) is 33.0 Å². The van der Waals surface area contributed by atoms with Gasteiger partial charge < -0.3 is 0 Å². The Kier molecular flexibility index (Phi) is 4.99. The van der Waals surface area contributed by atoms with Crippen molar-refractivity contribution in [2.24, 2.45) is 0 Å². The zero-order valence-electron chi connectivity index (χ0n) is 12.6. The molecule has 124 valence electrons. The third-order valence-corrected chi connectivity index (χ3v) is 3.20. The number of hydrogen-bond donors (Lipinski definition) is 3. The maximum atomic E-state index is 12.2. The molecule has 23 heavy (non-hydrogen) atoms. The predicted octanol–water partition coefficient (Wildman–Crippen LogP) is 2.39. The molecule has 1 aromatic heterocycles. The van der Waals surface area contributed by atoms with E-state index >= 15 is 0 Å². The number of H-pyrrole nitrogens is 1. The van der Waals surface area contributed by atoms with Gasteiger partial charge in [-0.05, 0) is 24.0 Å². The highest BCUT2D eigenvalue weighted by molar-refractivity contribution is 5.65. The van der Waals surface area contributed by atoms with E-state index in [1.807, 2.05) is 32.0 Å². The van der Waals surface area contributed by atoms with E-state index in [9.17, 15) is 18.0 Å². The van der Waals surface area contributed by atoms with Crippen molar-refractivity contribution < 1.29 is 13.2 Å². The van der Waals surface area contributed by atoms with Crippen LogP contribution in [0.15, 0.2) is 23.0 Å². The average molecular weight is 327 g/mol. The summed E-state index contributed by atoms with van der Waals surface area (Å²) in [5, 5.41) is 0. The number of nitrogens with one attached hydrogen (secondary N) is 3. The molecular formula is C14H16F3N5O. The van der Waals surface area contributed by atoms with E-state index < -0.39 is 17.9 Å².